The van der Waals surface area contributed by atoms with Crippen LogP contribution in [0, 0.1) is 5.82 Å². The van der Waals surface area contributed by atoms with Crippen LogP contribution in [0.4, 0.5) is 4.39 Å². The van der Waals surface area contributed by atoms with E-state index in [-0.39, 0.29) is 12.4 Å². The Balaban J connectivity index is 2.12. The molecule has 1 N–H and O–H groups in total. The molecule has 0 bridgehead atoms. The van der Waals surface area contributed by atoms with E-state index in [2.05, 4.69) is 4.98 Å². The van der Waals surface area contributed by atoms with Gasteiger partial charge in [0.1, 0.15) is 5.82 Å². The van der Waals surface area contributed by atoms with E-state index in [1.165, 1.54) is 18.2 Å². The Morgan fingerprint density at radius 2 is 1.84 bits per heavy atom. The third-order valence-corrected chi connectivity index (χ3v) is 3.74. The van der Waals surface area contributed by atoms with Crippen LogP contribution in [0.2, 0.25) is 0 Å². The molecule has 1 aromatic heterocycles. The number of aliphatic hydroxyl groups is 1. The zero-order valence-electron chi connectivity index (χ0n) is 13.6. The Kier molecular flexibility index (Phi) is 4.75. The lowest BCUT2D eigenvalue weighted by atomic mass is 9.99. The van der Waals surface area contributed by atoms with Gasteiger partial charge in [0.15, 0.2) is 0 Å². The summed E-state index contributed by atoms with van der Waals surface area (Å²) < 4.78 is 17.9. The summed E-state index contributed by atoms with van der Waals surface area (Å²) in [4.78, 5) is 16.0. The van der Waals surface area contributed by atoms with Gasteiger partial charge >= 0.3 is 5.97 Å². The van der Waals surface area contributed by atoms with Gasteiger partial charge < -0.3 is 9.84 Å². The fraction of sp³-hybridized carbons (Fsp3) is 0.100. The topological polar surface area (TPSA) is 59.4 Å². The van der Waals surface area contributed by atoms with E-state index < -0.39 is 11.7 Å². The molecule has 0 atom stereocenters. The van der Waals surface area contributed by atoms with Gasteiger partial charge in [0.25, 0.3) is 0 Å². The molecule has 0 aliphatic carbocycles. The fourth-order valence-electron chi connectivity index (χ4n) is 2.58. The minimum absolute atomic E-state index is 0.175. The average molecular weight is 337 g/mol. The number of rotatable bonds is 4. The third-order valence-electron chi connectivity index (χ3n) is 3.74. The standard InChI is InChI=1S/C20H16FNO3/c1-2-25-20(24)19(23)11-18-16-6-4-3-5-15(16)17(12-22-18)13-7-9-14(21)10-8-13/h3-12,23H,2H2,1H3/b19-11-. The molecule has 0 unspecified atom stereocenters. The fourth-order valence-corrected chi connectivity index (χ4v) is 2.58. The van der Waals surface area contributed by atoms with Crippen molar-refractivity contribution in [1.29, 1.82) is 0 Å². The summed E-state index contributed by atoms with van der Waals surface area (Å²) in [6, 6.07) is 13.6. The van der Waals surface area contributed by atoms with Crippen LogP contribution >= 0.6 is 0 Å². The van der Waals surface area contributed by atoms with E-state index in [1.54, 1.807) is 25.3 Å². The molecule has 3 aromatic rings. The highest BCUT2D eigenvalue weighted by atomic mass is 19.1. The Hall–Kier alpha value is -3.21. The highest BCUT2D eigenvalue weighted by Gasteiger charge is 2.12. The largest absolute Gasteiger partial charge is 0.502 e. The van der Waals surface area contributed by atoms with Crippen LogP contribution in [-0.2, 0) is 9.53 Å². The normalized spacial score (nSPS) is 11.5. The van der Waals surface area contributed by atoms with Crippen LogP contribution in [0.3, 0.4) is 0 Å². The first-order valence-electron chi connectivity index (χ1n) is 7.81. The number of carbonyl (C=O) groups is 1. The monoisotopic (exact) mass is 337 g/mol. The predicted octanol–water partition coefficient (Wildman–Crippen LogP) is 4.50. The number of hydrogen-bond acceptors (Lipinski definition) is 4. The maximum Gasteiger partial charge on any atom is 0.373 e. The van der Waals surface area contributed by atoms with E-state index in [1.807, 2.05) is 24.3 Å². The van der Waals surface area contributed by atoms with Crippen LogP contribution < -0.4 is 0 Å². The summed E-state index contributed by atoms with van der Waals surface area (Å²) in [6.45, 7) is 1.84. The molecule has 25 heavy (non-hydrogen) atoms. The minimum Gasteiger partial charge on any atom is -0.502 e. The number of nitrogens with zero attached hydrogens (tertiary/aromatic N) is 1. The molecular weight excluding hydrogens is 321 g/mol. The molecule has 0 aliphatic rings. The van der Waals surface area contributed by atoms with Gasteiger partial charge in [0, 0.05) is 23.2 Å². The number of esters is 1. The number of carbonyl (C=O) groups excluding carboxylic acids is 1. The van der Waals surface area contributed by atoms with Gasteiger partial charge in [0.2, 0.25) is 5.76 Å². The van der Waals surface area contributed by atoms with E-state index >= 15 is 0 Å². The summed E-state index contributed by atoms with van der Waals surface area (Å²) >= 11 is 0. The number of hydrogen-bond donors (Lipinski definition) is 1. The minimum atomic E-state index is -0.795. The van der Waals surface area contributed by atoms with E-state index in [4.69, 9.17) is 4.74 Å². The number of ether oxygens (including phenoxy) is 1. The van der Waals surface area contributed by atoms with E-state index in [0.29, 0.717) is 5.69 Å². The van der Waals surface area contributed by atoms with Crippen molar-refractivity contribution in [2.24, 2.45) is 0 Å². The molecule has 5 heteroatoms. The second-order valence-electron chi connectivity index (χ2n) is 5.36. The molecule has 0 radical (unpaired) electrons. The summed E-state index contributed by atoms with van der Waals surface area (Å²) in [6.07, 6.45) is 2.93. The van der Waals surface area contributed by atoms with Crippen molar-refractivity contribution >= 4 is 22.8 Å². The molecule has 3 rings (SSSR count). The third kappa shape index (κ3) is 3.50. The van der Waals surface area contributed by atoms with Crippen molar-refractivity contribution in [3.8, 4) is 11.1 Å². The summed E-state index contributed by atoms with van der Waals surface area (Å²) in [5.41, 5.74) is 2.12. The quantitative estimate of drug-likeness (QED) is 0.432. The zero-order chi connectivity index (χ0) is 17.8. The van der Waals surface area contributed by atoms with Crippen LogP contribution in [0.25, 0.3) is 28.0 Å². The molecule has 2 aromatic carbocycles. The number of halogens is 1. The molecule has 0 fully saturated rings. The average Bonchev–Trinajstić information content (AvgIpc) is 2.63. The number of pyridine rings is 1. The summed E-state index contributed by atoms with van der Waals surface area (Å²) in [5.74, 6) is -1.61. The number of aromatic nitrogens is 1. The van der Waals surface area contributed by atoms with E-state index in [9.17, 15) is 14.3 Å². The van der Waals surface area contributed by atoms with Crippen molar-refractivity contribution in [3.63, 3.8) is 0 Å². The van der Waals surface area contributed by atoms with Gasteiger partial charge in [-0.25, -0.2) is 9.18 Å². The molecule has 0 saturated carbocycles. The Bertz CT molecular complexity index is 949. The van der Waals surface area contributed by atoms with Gasteiger partial charge in [0.05, 0.1) is 12.3 Å². The van der Waals surface area contributed by atoms with Gasteiger partial charge in [-0.15, -0.1) is 0 Å². The maximum atomic E-state index is 13.2. The van der Waals surface area contributed by atoms with Crippen LogP contribution in [0.5, 0.6) is 0 Å². The Labute approximate surface area is 144 Å². The smallest absolute Gasteiger partial charge is 0.373 e. The second-order valence-corrected chi connectivity index (χ2v) is 5.36. The van der Waals surface area contributed by atoms with Crippen molar-refractivity contribution in [2.75, 3.05) is 6.61 Å². The number of benzene rings is 2. The molecular formula is C20H16FNO3. The van der Waals surface area contributed by atoms with Gasteiger partial charge in [-0.1, -0.05) is 36.4 Å². The molecule has 0 spiro atoms. The Morgan fingerprint density at radius 3 is 2.52 bits per heavy atom. The highest BCUT2D eigenvalue weighted by Crippen LogP contribution is 2.30. The highest BCUT2D eigenvalue weighted by molar-refractivity contribution is 6.01. The zero-order valence-corrected chi connectivity index (χ0v) is 13.6. The van der Waals surface area contributed by atoms with Crippen molar-refractivity contribution < 1.29 is 19.0 Å². The van der Waals surface area contributed by atoms with Crippen LogP contribution in [0.15, 0.2) is 60.5 Å². The van der Waals surface area contributed by atoms with Gasteiger partial charge in [-0.05, 0) is 30.0 Å². The van der Waals surface area contributed by atoms with Crippen LogP contribution in [0.1, 0.15) is 12.6 Å². The van der Waals surface area contributed by atoms with Crippen molar-refractivity contribution in [1.82, 2.24) is 4.98 Å². The molecule has 0 aliphatic heterocycles. The van der Waals surface area contributed by atoms with E-state index in [0.717, 1.165) is 21.9 Å². The first kappa shape index (κ1) is 16.6. The molecule has 0 amide bonds. The first-order valence-corrected chi connectivity index (χ1v) is 7.81. The van der Waals surface area contributed by atoms with Crippen molar-refractivity contribution in [2.45, 2.75) is 6.92 Å². The SMILES string of the molecule is CCOC(=O)/C(O)=C/c1ncc(-c2ccc(F)cc2)c2ccccc12. The number of aliphatic hydroxyl groups excluding tert-OH is 1. The molecule has 1 heterocycles. The lowest BCUT2D eigenvalue weighted by Gasteiger charge is -2.09. The summed E-state index contributed by atoms with van der Waals surface area (Å²) in [7, 11) is 0. The Morgan fingerprint density at radius 1 is 1.16 bits per heavy atom. The molecule has 126 valence electrons. The van der Waals surface area contributed by atoms with Gasteiger partial charge in [-0.2, -0.15) is 0 Å². The lowest BCUT2D eigenvalue weighted by Crippen LogP contribution is -2.07. The molecule has 0 saturated heterocycles. The first-order chi connectivity index (χ1) is 12.1. The number of fused-ring (bicyclic) bond motifs is 1. The van der Waals surface area contributed by atoms with Crippen LogP contribution in [-0.4, -0.2) is 22.7 Å². The molecule has 4 nitrogen and oxygen atoms in total. The summed E-state index contributed by atoms with van der Waals surface area (Å²) in [5, 5.41) is 11.5. The van der Waals surface area contributed by atoms with Gasteiger partial charge in [-0.3, -0.25) is 4.98 Å². The lowest BCUT2D eigenvalue weighted by molar-refractivity contribution is -0.141. The maximum absolute atomic E-state index is 13.2. The predicted molar refractivity (Wildman–Crippen MR) is 94.4 cm³/mol. The van der Waals surface area contributed by atoms with Crippen molar-refractivity contribution in [3.05, 3.63) is 72.0 Å². The second kappa shape index (κ2) is 7.13.